The maximum atomic E-state index is 11.9. The van der Waals surface area contributed by atoms with Gasteiger partial charge in [0.2, 0.25) is 5.91 Å². The smallest absolute Gasteiger partial charge is 0.236 e. The third-order valence-corrected chi connectivity index (χ3v) is 2.63. The first-order valence-electron chi connectivity index (χ1n) is 6.02. The monoisotopic (exact) mass is 241 g/mol. The summed E-state index contributed by atoms with van der Waals surface area (Å²) >= 11 is 0. The lowest BCUT2D eigenvalue weighted by molar-refractivity contribution is -0.130. The van der Waals surface area contributed by atoms with E-state index in [1.165, 1.54) is 0 Å². The fourth-order valence-corrected chi connectivity index (χ4v) is 1.27. The van der Waals surface area contributed by atoms with Crippen molar-refractivity contribution in [1.29, 1.82) is 5.26 Å². The SMILES string of the molecule is CCC(C)NCC(=O)N(CCC#N)CCOC. The van der Waals surface area contributed by atoms with Crippen LogP contribution in [-0.2, 0) is 9.53 Å². The van der Waals surface area contributed by atoms with E-state index in [2.05, 4.69) is 18.3 Å². The topological polar surface area (TPSA) is 65.4 Å². The Bertz CT molecular complexity index is 251. The summed E-state index contributed by atoms with van der Waals surface area (Å²) in [5.74, 6) is 0.0256. The summed E-state index contributed by atoms with van der Waals surface area (Å²) < 4.78 is 4.95. The highest BCUT2D eigenvalue weighted by atomic mass is 16.5. The van der Waals surface area contributed by atoms with Crippen molar-refractivity contribution in [3.8, 4) is 6.07 Å². The molecule has 0 aromatic rings. The van der Waals surface area contributed by atoms with E-state index < -0.39 is 0 Å². The van der Waals surface area contributed by atoms with Crippen molar-refractivity contribution in [3.05, 3.63) is 0 Å². The maximum absolute atomic E-state index is 11.9. The van der Waals surface area contributed by atoms with Crippen LogP contribution in [0.2, 0.25) is 0 Å². The van der Waals surface area contributed by atoms with Crippen molar-refractivity contribution in [2.75, 3.05) is 33.4 Å². The van der Waals surface area contributed by atoms with Gasteiger partial charge in [0, 0.05) is 26.2 Å². The Morgan fingerprint density at radius 1 is 1.53 bits per heavy atom. The average Bonchev–Trinajstić information content (AvgIpc) is 2.35. The molecule has 0 aromatic carbocycles. The Hall–Kier alpha value is -1.12. The van der Waals surface area contributed by atoms with E-state index in [1.54, 1.807) is 12.0 Å². The molecule has 0 bridgehead atoms. The molecular formula is C12H23N3O2. The first kappa shape index (κ1) is 15.9. The molecular weight excluding hydrogens is 218 g/mol. The number of nitriles is 1. The number of ether oxygens (including phenoxy) is 1. The molecule has 0 aliphatic carbocycles. The highest BCUT2D eigenvalue weighted by Gasteiger charge is 2.13. The standard InChI is InChI=1S/C12H23N3O2/c1-4-11(2)14-10-12(16)15(7-5-6-13)8-9-17-3/h11,14H,4-5,7-10H2,1-3H3. The fraction of sp³-hybridized carbons (Fsp3) is 0.833. The summed E-state index contributed by atoms with van der Waals surface area (Å²) in [5, 5.41) is 11.7. The molecule has 1 unspecified atom stereocenters. The number of rotatable bonds is 9. The summed E-state index contributed by atoms with van der Waals surface area (Å²) in [6, 6.07) is 2.38. The summed E-state index contributed by atoms with van der Waals surface area (Å²) in [4.78, 5) is 13.5. The molecule has 0 spiro atoms. The van der Waals surface area contributed by atoms with E-state index >= 15 is 0 Å². The van der Waals surface area contributed by atoms with Crippen LogP contribution in [0.25, 0.3) is 0 Å². The zero-order chi connectivity index (χ0) is 13.1. The molecule has 0 heterocycles. The number of nitrogens with one attached hydrogen (secondary N) is 1. The molecule has 1 N–H and O–H groups in total. The van der Waals surface area contributed by atoms with Gasteiger partial charge in [0.05, 0.1) is 25.6 Å². The average molecular weight is 241 g/mol. The maximum Gasteiger partial charge on any atom is 0.236 e. The zero-order valence-corrected chi connectivity index (χ0v) is 11.0. The Kier molecular flexibility index (Phi) is 9.40. The van der Waals surface area contributed by atoms with Crippen molar-refractivity contribution >= 4 is 5.91 Å². The second kappa shape index (κ2) is 10.1. The van der Waals surface area contributed by atoms with Gasteiger partial charge in [0.1, 0.15) is 0 Å². The molecule has 98 valence electrons. The van der Waals surface area contributed by atoms with Crippen LogP contribution in [0.5, 0.6) is 0 Å². The molecule has 0 saturated carbocycles. The van der Waals surface area contributed by atoms with E-state index in [1.807, 2.05) is 6.92 Å². The Balaban J connectivity index is 4.07. The van der Waals surface area contributed by atoms with Gasteiger partial charge < -0.3 is 15.0 Å². The lowest BCUT2D eigenvalue weighted by Crippen LogP contribution is -2.42. The molecule has 0 rings (SSSR count). The van der Waals surface area contributed by atoms with Crippen LogP contribution in [0, 0.1) is 11.3 Å². The van der Waals surface area contributed by atoms with Crippen LogP contribution in [0.1, 0.15) is 26.7 Å². The summed E-state index contributed by atoms with van der Waals surface area (Å²) in [6.45, 7) is 5.95. The second-order valence-electron chi connectivity index (χ2n) is 3.97. The molecule has 0 fully saturated rings. The minimum Gasteiger partial charge on any atom is -0.383 e. The highest BCUT2D eigenvalue weighted by Crippen LogP contribution is 1.94. The van der Waals surface area contributed by atoms with Crippen LogP contribution in [0.4, 0.5) is 0 Å². The fourth-order valence-electron chi connectivity index (χ4n) is 1.27. The van der Waals surface area contributed by atoms with Crippen LogP contribution in [0.3, 0.4) is 0 Å². The third kappa shape index (κ3) is 7.72. The first-order valence-corrected chi connectivity index (χ1v) is 6.02. The predicted octanol–water partition coefficient (Wildman–Crippen LogP) is 0.763. The number of carbonyl (C=O) groups is 1. The number of hydrogen-bond donors (Lipinski definition) is 1. The number of nitrogens with zero attached hydrogens (tertiary/aromatic N) is 2. The molecule has 0 radical (unpaired) electrons. The highest BCUT2D eigenvalue weighted by molar-refractivity contribution is 5.78. The van der Waals surface area contributed by atoms with Gasteiger partial charge in [-0.05, 0) is 13.3 Å². The number of methoxy groups -OCH3 is 1. The summed E-state index contributed by atoms with van der Waals surface area (Å²) in [7, 11) is 1.60. The molecule has 5 nitrogen and oxygen atoms in total. The summed E-state index contributed by atoms with van der Waals surface area (Å²) in [5.41, 5.74) is 0. The largest absolute Gasteiger partial charge is 0.383 e. The normalized spacial score (nSPS) is 11.9. The minimum absolute atomic E-state index is 0.0256. The van der Waals surface area contributed by atoms with Crippen molar-refractivity contribution in [2.24, 2.45) is 0 Å². The van der Waals surface area contributed by atoms with E-state index in [0.717, 1.165) is 6.42 Å². The molecule has 0 aliphatic heterocycles. The van der Waals surface area contributed by atoms with E-state index in [0.29, 0.717) is 38.7 Å². The number of carbonyl (C=O) groups excluding carboxylic acids is 1. The number of hydrogen-bond acceptors (Lipinski definition) is 4. The molecule has 5 heteroatoms. The molecule has 1 atom stereocenters. The lowest BCUT2D eigenvalue weighted by Gasteiger charge is -2.22. The van der Waals surface area contributed by atoms with Crippen molar-refractivity contribution < 1.29 is 9.53 Å². The molecule has 0 aliphatic rings. The Labute approximate surface area is 104 Å². The van der Waals surface area contributed by atoms with Gasteiger partial charge in [-0.1, -0.05) is 6.92 Å². The molecule has 0 saturated heterocycles. The second-order valence-corrected chi connectivity index (χ2v) is 3.97. The van der Waals surface area contributed by atoms with Gasteiger partial charge in [-0.15, -0.1) is 0 Å². The van der Waals surface area contributed by atoms with E-state index in [-0.39, 0.29) is 5.91 Å². The van der Waals surface area contributed by atoms with Crippen LogP contribution in [-0.4, -0.2) is 50.2 Å². The van der Waals surface area contributed by atoms with Gasteiger partial charge in [0.25, 0.3) is 0 Å². The summed E-state index contributed by atoms with van der Waals surface area (Å²) in [6.07, 6.45) is 1.35. The third-order valence-electron chi connectivity index (χ3n) is 2.63. The molecule has 1 amide bonds. The quantitative estimate of drug-likeness (QED) is 0.647. The van der Waals surface area contributed by atoms with Gasteiger partial charge >= 0.3 is 0 Å². The molecule has 0 aromatic heterocycles. The van der Waals surface area contributed by atoms with Gasteiger partial charge in [0.15, 0.2) is 0 Å². The van der Waals surface area contributed by atoms with Crippen molar-refractivity contribution in [3.63, 3.8) is 0 Å². The van der Waals surface area contributed by atoms with Crippen LogP contribution >= 0.6 is 0 Å². The van der Waals surface area contributed by atoms with Gasteiger partial charge in [-0.2, -0.15) is 5.26 Å². The lowest BCUT2D eigenvalue weighted by atomic mass is 10.2. The first-order chi connectivity index (χ1) is 8.15. The van der Waals surface area contributed by atoms with Crippen molar-refractivity contribution in [1.82, 2.24) is 10.2 Å². The van der Waals surface area contributed by atoms with Gasteiger partial charge in [-0.25, -0.2) is 0 Å². The predicted molar refractivity (Wildman–Crippen MR) is 66.4 cm³/mol. The van der Waals surface area contributed by atoms with E-state index in [9.17, 15) is 4.79 Å². The van der Waals surface area contributed by atoms with E-state index in [4.69, 9.17) is 10.00 Å². The van der Waals surface area contributed by atoms with Crippen LogP contribution in [0.15, 0.2) is 0 Å². The Morgan fingerprint density at radius 2 is 2.24 bits per heavy atom. The minimum atomic E-state index is 0.0256. The zero-order valence-electron chi connectivity index (χ0n) is 11.0. The number of amides is 1. The Morgan fingerprint density at radius 3 is 2.76 bits per heavy atom. The van der Waals surface area contributed by atoms with Gasteiger partial charge in [-0.3, -0.25) is 4.79 Å². The van der Waals surface area contributed by atoms with Crippen molar-refractivity contribution in [2.45, 2.75) is 32.7 Å². The van der Waals surface area contributed by atoms with Crippen LogP contribution < -0.4 is 5.32 Å². The molecule has 17 heavy (non-hydrogen) atoms.